The lowest BCUT2D eigenvalue weighted by Crippen LogP contribution is -2.22. The van der Waals surface area contributed by atoms with Crippen molar-refractivity contribution in [2.24, 2.45) is 0 Å². The number of nitrogens with zero attached hydrogens (tertiary/aromatic N) is 1. The maximum Gasteiger partial charge on any atom is 0.207 e. The van der Waals surface area contributed by atoms with Gasteiger partial charge < -0.3 is 24.6 Å². The van der Waals surface area contributed by atoms with Crippen LogP contribution in [0.15, 0.2) is 48.5 Å². The molecule has 0 radical (unpaired) electrons. The number of methoxy groups -OCH3 is 2. The predicted octanol–water partition coefficient (Wildman–Crippen LogP) is 3.99. The minimum atomic E-state index is -0.536. The van der Waals surface area contributed by atoms with E-state index >= 15 is 0 Å². The first-order valence-corrected chi connectivity index (χ1v) is 11.2. The van der Waals surface area contributed by atoms with Crippen molar-refractivity contribution in [1.82, 2.24) is 10.3 Å². The smallest absolute Gasteiger partial charge is 0.207 e. The molecule has 1 amide bonds. The van der Waals surface area contributed by atoms with Crippen molar-refractivity contribution in [3.8, 4) is 22.8 Å². The first kappa shape index (κ1) is 28.7. The molecule has 0 bridgehead atoms. The number of rotatable bonds is 11. The number of amides is 1. The third-order valence-electron chi connectivity index (χ3n) is 4.77. The standard InChI is InChI=1S/C16H14ClFN2O3.C10H14O3/c1-23-8-11-3-5-14(15(22)7-19-9-21)20-16(11)10-2-4-13(18)12(17)6-10;1-8-3-4-9(13-6-5-11)10(7-8)12-2/h2-6,9H,7-8H2,1H3,(H,19,21);3-4,7,11H,5-6H2,1-2H3. The van der Waals surface area contributed by atoms with Gasteiger partial charge in [0, 0.05) is 18.2 Å². The average molecular weight is 519 g/mol. The van der Waals surface area contributed by atoms with Crippen molar-refractivity contribution >= 4 is 23.8 Å². The molecular weight excluding hydrogens is 491 g/mol. The van der Waals surface area contributed by atoms with Gasteiger partial charge in [-0.1, -0.05) is 23.7 Å². The van der Waals surface area contributed by atoms with Crippen LogP contribution in [-0.4, -0.2) is 56.3 Å². The second-order valence-corrected chi connectivity index (χ2v) is 7.82. The molecule has 8 nitrogen and oxygen atoms in total. The average Bonchev–Trinajstić information content (AvgIpc) is 2.88. The number of hydrogen-bond acceptors (Lipinski definition) is 7. The lowest BCUT2D eigenvalue weighted by atomic mass is 10.0. The van der Waals surface area contributed by atoms with Crippen LogP contribution in [0.3, 0.4) is 0 Å². The fourth-order valence-corrected chi connectivity index (χ4v) is 3.26. The van der Waals surface area contributed by atoms with E-state index in [1.165, 1.54) is 25.3 Å². The molecule has 0 atom stereocenters. The lowest BCUT2D eigenvalue weighted by Gasteiger charge is -2.11. The topological polar surface area (TPSA) is 107 Å². The molecule has 0 aliphatic carbocycles. The van der Waals surface area contributed by atoms with Gasteiger partial charge in [-0.15, -0.1) is 0 Å². The molecule has 3 rings (SSSR count). The number of ether oxygens (including phenoxy) is 3. The number of hydrogen-bond donors (Lipinski definition) is 2. The Morgan fingerprint density at radius 1 is 1.14 bits per heavy atom. The summed E-state index contributed by atoms with van der Waals surface area (Å²) in [5, 5.41) is 10.8. The van der Waals surface area contributed by atoms with Crippen molar-refractivity contribution in [2.75, 3.05) is 34.0 Å². The van der Waals surface area contributed by atoms with Gasteiger partial charge in [0.15, 0.2) is 17.3 Å². The Hall–Kier alpha value is -3.53. The van der Waals surface area contributed by atoms with Crippen LogP contribution in [0.25, 0.3) is 11.3 Å². The van der Waals surface area contributed by atoms with Gasteiger partial charge in [0.2, 0.25) is 6.41 Å². The fraction of sp³-hybridized carbons (Fsp3) is 0.269. The van der Waals surface area contributed by atoms with Crippen LogP contribution >= 0.6 is 11.6 Å². The number of carbonyl (C=O) groups is 2. The Bertz CT molecular complexity index is 1180. The number of benzene rings is 2. The zero-order valence-corrected chi connectivity index (χ0v) is 21.0. The lowest BCUT2D eigenvalue weighted by molar-refractivity contribution is -0.109. The molecule has 0 aliphatic rings. The molecule has 0 unspecified atom stereocenters. The van der Waals surface area contributed by atoms with Gasteiger partial charge in [0.25, 0.3) is 0 Å². The van der Waals surface area contributed by atoms with E-state index in [2.05, 4.69) is 10.3 Å². The molecule has 1 aromatic heterocycles. The number of carbonyl (C=O) groups excluding carboxylic acids is 2. The molecule has 0 spiro atoms. The zero-order valence-electron chi connectivity index (χ0n) is 20.2. The summed E-state index contributed by atoms with van der Waals surface area (Å²) in [6.45, 7) is 2.41. The first-order chi connectivity index (χ1) is 17.3. The maximum atomic E-state index is 13.3. The second-order valence-electron chi connectivity index (χ2n) is 7.41. The van der Waals surface area contributed by atoms with E-state index in [0.717, 1.165) is 11.1 Å². The van der Waals surface area contributed by atoms with E-state index < -0.39 is 5.82 Å². The van der Waals surface area contributed by atoms with Crippen LogP contribution in [0, 0.1) is 12.7 Å². The molecule has 3 aromatic rings. The van der Waals surface area contributed by atoms with E-state index in [1.54, 1.807) is 19.2 Å². The molecule has 2 aromatic carbocycles. The third-order valence-corrected chi connectivity index (χ3v) is 5.06. The number of nitrogens with one attached hydrogen (secondary N) is 1. The van der Waals surface area contributed by atoms with Gasteiger partial charge in [-0.25, -0.2) is 9.37 Å². The number of Topliss-reactive ketones (excluding diaryl/α,β-unsaturated/α-hetero) is 1. The van der Waals surface area contributed by atoms with Crippen molar-refractivity contribution < 1.29 is 33.3 Å². The summed E-state index contributed by atoms with van der Waals surface area (Å²) >= 11 is 5.81. The number of aliphatic hydroxyl groups excluding tert-OH is 1. The highest BCUT2D eigenvalue weighted by atomic mass is 35.5. The van der Waals surface area contributed by atoms with Crippen LogP contribution in [-0.2, 0) is 16.1 Å². The van der Waals surface area contributed by atoms with Crippen molar-refractivity contribution in [2.45, 2.75) is 13.5 Å². The van der Waals surface area contributed by atoms with Crippen molar-refractivity contribution in [3.05, 3.63) is 76.2 Å². The highest BCUT2D eigenvalue weighted by Crippen LogP contribution is 2.28. The summed E-state index contributed by atoms with van der Waals surface area (Å²) in [4.78, 5) is 26.6. The maximum absolute atomic E-state index is 13.3. The molecular formula is C26H28ClFN2O6. The Morgan fingerprint density at radius 3 is 2.56 bits per heavy atom. The fourth-order valence-electron chi connectivity index (χ4n) is 3.08. The van der Waals surface area contributed by atoms with Gasteiger partial charge in [0.05, 0.1) is 37.6 Å². The zero-order chi connectivity index (χ0) is 26.5. The van der Waals surface area contributed by atoms with Crippen LogP contribution in [0.5, 0.6) is 11.5 Å². The number of ketones is 1. The normalized spacial score (nSPS) is 10.2. The monoisotopic (exact) mass is 518 g/mol. The molecule has 2 N–H and O–H groups in total. The van der Waals surface area contributed by atoms with Crippen LogP contribution < -0.4 is 14.8 Å². The summed E-state index contributed by atoms with van der Waals surface area (Å²) in [7, 11) is 3.13. The number of halogens is 2. The Balaban J connectivity index is 0.000000297. The van der Waals surface area contributed by atoms with E-state index in [1.807, 2.05) is 25.1 Å². The Kier molecular flexibility index (Phi) is 11.8. The summed E-state index contributed by atoms with van der Waals surface area (Å²) in [5.41, 5.74) is 3.09. The van der Waals surface area contributed by atoms with Crippen LogP contribution in [0.1, 0.15) is 21.6 Å². The molecule has 192 valence electrons. The van der Waals surface area contributed by atoms with Crippen molar-refractivity contribution in [3.63, 3.8) is 0 Å². The minimum absolute atomic E-state index is 0.0109. The van der Waals surface area contributed by atoms with Gasteiger partial charge >= 0.3 is 0 Å². The van der Waals surface area contributed by atoms with Crippen LogP contribution in [0.4, 0.5) is 4.39 Å². The highest BCUT2D eigenvalue weighted by molar-refractivity contribution is 6.31. The number of aryl methyl sites for hydroxylation is 1. The Labute approximate surface area is 214 Å². The molecule has 36 heavy (non-hydrogen) atoms. The van der Waals surface area contributed by atoms with E-state index in [4.69, 9.17) is 30.9 Å². The predicted molar refractivity (Wildman–Crippen MR) is 134 cm³/mol. The highest BCUT2D eigenvalue weighted by Gasteiger charge is 2.14. The van der Waals surface area contributed by atoms with Gasteiger partial charge in [0.1, 0.15) is 18.1 Å². The molecule has 0 aliphatic heterocycles. The summed E-state index contributed by atoms with van der Waals surface area (Å²) < 4.78 is 28.8. The van der Waals surface area contributed by atoms with Crippen molar-refractivity contribution in [1.29, 1.82) is 0 Å². The Morgan fingerprint density at radius 2 is 1.92 bits per heavy atom. The van der Waals surface area contributed by atoms with Gasteiger partial charge in [-0.2, -0.15) is 0 Å². The summed E-state index contributed by atoms with van der Waals surface area (Å²) in [6.07, 6.45) is 0.442. The largest absolute Gasteiger partial charge is 0.493 e. The third kappa shape index (κ3) is 8.30. The molecule has 0 saturated carbocycles. The van der Waals surface area contributed by atoms with Gasteiger partial charge in [-0.05, 0) is 48.9 Å². The number of aliphatic hydroxyl groups is 1. The van der Waals surface area contributed by atoms with E-state index in [9.17, 15) is 14.0 Å². The van der Waals surface area contributed by atoms with E-state index in [-0.39, 0.29) is 36.3 Å². The summed E-state index contributed by atoms with van der Waals surface area (Å²) in [5.74, 6) is 0.497. The quantitative estimate of drug-likeness (QED) is 0.292. The molecule has 10 heteroatoms. The van der Waals surface area contributed by atoms with Crippen LogP contribution in [0.2, 0.25) is 5.02 Å². The van der Waals surface area contributed by atoms with Gasteiger partial charge in [-0.3, -0.25) is 9.59 Å². The second kappa shape index (κ2) is 14.8. The summed E-state index contributed by atoms with van der Waals surface area (Å²) in [6, 6.07) is 13.1. The number of aromatic nitrogens is 1. The molecule has 0 saturated heterocycles. The number of pyridine rings is 1. The minimum Gasteiger partial charge on any atom is -0.493 e. The molecule has 1 heterocycles. The first-order valence-electron chi connectivity index (χ1n) is 10.9. The molecule has 0 fully saturated rings. The SMILES string of the molecule is COCc1ccc(C(=O)CNC=O)nc1-c1ccc(F)c(Cl)c1.COc1cc(C)ccc1OCCO. The van der Waals surface area contributed by atoms with E-state index in [0.29, 0.717) is 35.8 Å².